The number of nitro benzene ring substituents is 1. The zero-order valence-corrected chi connectivity index (χ0v) is 6.90. The molecule has 0 heterocycles. The van der Waals surface area contributed by atoms with Gasteiger partial charge in [-0.3, -0.25) is 10.1 Å². The van der Waals surface area contributed by atoms with E-state index in [-0.39, 0.29) is 11.3 Å². The minimum atomic E-state index is -0.908. The molecule has 1 rings (SSSR count). The first kappa shape index (κ1) is 9.60. The highest BCUT2D eigenvalue weighted by atomic mass is 19.1. The van der Waals surface area contributed by atoms with E-state index in [0.29, 0.717) is 0 Å². The van der Waals surface area contributed by atoms with Crippen LogP contribution < -0.4 is 0 Å². The Morgan fingerprint density at radius 3 is 2.62 bits per heavy atom. The van der Waals surface area contributed by atoms with Gasteiger partial charge in [0, 0.05) is 6.07 Å². The van der Waals surface area contributed by atoms with Gasteiger partial charge in [0.2, 0.25) is 0 Å². The van der Waals surface area contributed by atoms with Crippen molar-refractivity contribution in [3.05, 3.63) is 39.7 Å². The summed E-state index contributed by atoms with van der Waals surface area (Å²) < 4.78 is 12.7. The van der Waals surface area contributed by atoms with E-state index in [1.807, 2.05) is 0 Å². The molecule has 0 bridgehead atoms. The summed E-state index contributed by atoms with van der Waals surface area (Å²) in [5.74, 6) is -0.717. The van der Waals surface area contributed by atoms with Crippen molar-refractivity contribution in [1.29, 1.82) is 0 Å². The van der Waals surface area contributed by atoms with Crippen molar-refractivity contribution < 1.29 is 14.4 Å². The van der Waals surface area contributed by atoms with Crippen LogP contribution in [-0.2, 0) is 0 Å². The molecule has 13 heavy (non-hydrogen) atoms. The van der Waals surface area contributed by atoms with Gasteiger partial charge in [-0.2, -0.15) is 0 Å². The number of hydrogen-bond donors (Lipinski definition) is 1. The first-order valence-corrected chi connectivity index (χ1v) is 3.63. The molecular formula is C8H8FNO3. The fourth-order valence-corrected chi connectivity index (χ4v) is 0.943. The van der Waals surface area contributed by atoms with E-state index in [1.54, 1.807) is 0 Å². The molecule has 1 atom stereocenters. The molecule has 1 unspecified atom stereocenters. The Hall–Kier alpha value is -1.49. The van der Waals surface area contributed by atoms with Crippen LogP contribution in [0.1, 0.15) is 18.6 Å². The van der Waals surface area contributed by atoms with E-state index in [9.17, 15) is 14.5 Å². The number of non-ortho nitro benzene ring substituents is 1. The molecule has 0 spiro atoms. The van der Waals surface area contributed by atoms with Gasteiger partial charge in [0.15, 0.2) is 0 Å². The summed E-state index contributed by atoms with van der Waals surface area (Å²) in [7, 11) is 0. The van der Waals surface area contributed by atoms with Gasteiger partial charge in [-0.1, -0.05) is 0 Å². The molecule has 5 heteroatoms. The van der Waals surface area contributed by atoms with Crippen molar-refractivity contribution in [3.63, 3.8) is 0 Å². The van der Waals surface area contributed by atoms with Crippen LogP contribution in [-0.4, -0.2) is 10.0 Å². The lowest BCUT2D eigenvalue weighted by atomic mass is 10.1. The molecule has 1 N–H and O–H groups in total. The average molecular weight is 185 g/mol. The molecule has 0 aliphatic heterocycles. The monoisotopic (exact) mass is 185 g/mol. The predicted octanol–water partition coefficient (Wildman–Crippen LogP) is 1.79. The van der Waals surface area contributed by atoms with Gasteiger partial charge in [-0.25, -0.2) is 4.39 Å². The fraction of sp³-hybridized carbons (Fsp3) is 0.250. The maximum atomic E-state index is 12.7. The van der Waals surface area contributed by atoms with E-state index in [0.717, 1.165) is 18.2 Å². The Labute approximate surface area is 73.8 Å². The van der Waals surface area contributed by atoms with E-state index in [2.05, 4.69) is 0 Å². The topological polar surface area (TPSA) is 63.4 Å². The predicted molar refractivity (Wildman–Crippen MR) is 43.7 cm³/mol. The molecule has 0 aliphatic carbocycles. The van der Waals surface area contributed by atoms with Crippen LogP contribution in [0.2, 0.25) is 0 Å². The second-order valence-electron chi connectivity index (χ2n) is 2.68. The van der Waals surface area contributed by atoms with Gasteiger partial charge in [0.25, 0.3) is 5.69 Å². The Bertz CT molecular complexity index is 338. The lowest BCUT2D eigenvalue weighted by Gasteiger charge is -2.03. The van der Waals surface area contributed by atoms with Crippen LogP contribution in [0.3, 0.4) is 0 Å². The normalized spacial score (nSPS) is 12.5. The van der Waals surface area contributed by atoms with Crippen molar-refractivity contribution in [2.24, 2.45) is 0 Å². The van der Waals surface area contributed by atoms with Crippen molar-refractivity contribution in [3.8, 4) is 0 Å². The highest BCUT2D eigenvalue weighted by molar-refractivity contribution is 5.35. The third kappa shape index (κ3) is 2.22. The van der Waals surface area contributed by atoms with Crippen molar-refractivity contribution >= 4 is 5.69 Å². The van der Waals surface area contributed by atoms with E-state index in [4.69, 9.17) is 5.11 Å². The zero-order valence-electron chi connectivity index (χ0n) is 6.90. The molecular weight excluding hydrogens is 177 g/mol. The number of aliphatic hydroxyl groups excluding tert-OH is 1. The van der Waals surface area contributed by atoms with Crippen molar-refractivity contribution in [1.82, 2.24) is 0 Å². The molecule has 4 nitrogen and oxygen atoms in total. The summed E-state index contributed by atoms with van der Waals surface area (Å²) in [6.45, 7) is 1.42. The summed E-state index contributed by atoms with van der Waals surface area (Å²) in [6, 6.07) is 3.03. The number of hydrogen-bond acceptors (Lipinski definition) is 3. The molecule has 0 saturated heterocycles. The Kier molecular flexibility index (Phi) is 2.57. The highest BCUT2D eigenvalue weighted by Gasteiger charge is 2.11. The highest BCUT2D eigenvalue weighted by Crippen LogP contribution is 2.20. The summed E-state index contributed by atoms with van der Waals surface area (Å²) in [6.07, 6.45) is -0.908. The number of nitrogens with zero attached hydrogens (tertiary/aromatic N) is 1. The molecule has 1 aromatic carbocycles. The van der Waals surface area contributed by atoms with E-state index >= 15 is 0 Å². The summed E-state index contributed by atoms with van der Waals surface area (Å²) >= 11 is 0. The quantitative estimate of drug-likeness (QED) is 0.564. The first-order valence-electron chi connectivity index (χ1n) is 3.63. The molecule has 0 fully saturated rings. The van der Waals surface area contributed by atoms with Crippen LogP contribution >= 0.6 is 0 Å². The molecule has 1 aromatic rings. The molecule has 0 aliphatic rings. The fourth-order valence-electron chi connectivity index (χ4n) is 0.943. The van der Waals surface area contributed by atoms with Crippen molar-refractivity contribution in [2.75, 3.05) is 0 Å². The van der Waals surface area contributed by atoms with Gasteiger partial charge >= 0.3 is 0 Å². The second-order valence-corrected chi connectivity index (χ2v) is 2.68. The minimum Gasteiger partial charge on any atom is -0.389 e. The third-order valence-corrected chi connectivity index (χ3v) is 1.60. The van der Waals surface area contributed by atoms with E-state index < -0.39 is 16.8 Å². The molecule has 70 valence electrons. The largest absolute Gasteiger partial charge is 0.389 e. The van der Waals surface area contributed by atoms with Crippen LogP contribution in [0, 0.1) is 15.9 Å². The van der Waals surface area contributed by atoms with Crippen LogP contribution in [0.25, 0.3) is 0 Å². The summed E-state index contributed by atoms with van der Waals surface area (Å²) in [4.78, 5) is 9.59. The number of halogens is 1. The smallest absolute Gasteiger partial charge is 0.272 e. The van der Waals surface area contributed by atoms with Crippen LogP contribution in [0.4, 0.5) is 10.1 Å². The van der Waals surface area contributed by atoms with E-state index in [1.165, 1.54) is 6.92 Å². The maximum absolute atomic E-state index is 12.7. The number of aliphatic hydroxyl groups is 1. The van der Waals surface area contributed by atoms with Gasteiger partial charge < -0.3 is 5.11 Å². The van der Waals surface area contributed by atoms with Gasteiger partial charge in [-0.15, -0.1) is 0 Å². The standard InChI is InChI=1S/C8H8FNO3/c1-5(11)6-2-7(9)4-8(3-6)10(12)13/h2-5,11H,1H3. The molecule has 0 saturated carbocycles. The second kappa shape index (κ2) is 3.49. The average Bonchev–Trinajstić information content (AvgIpc) is 2.03. The van der Waals surface area contributed by atoms with Crippen LogP contribution in [0.5, 0.6) is 0 Å². The Balaban J connectivity index is 3.19. The Morgan fingerprint density at radius 1 is 1.54 bits per heavy atom. The van der Waals surface area contributed by atoms with Gasteiger partial charge in [0.1, 0.15) is 5.82 Å². The molecule has 0 aromatic heterocycles. The summed E-state index contributed by atoms with van der Waals surface area (Å²) in [5.41, 5.74) is -0.150. The van der Waals surface area contributed by atoms with Crippen LogP contribution in [0.15, 0.2) is 18.2 Å². The SMILES string of the molecule is CC(O)c1cc(F)cc([N+](=O)[O-])c1. The zero-order chi connectivity index (χ0) is 10.0. The lowest BCUT2D eigenvalue weighted by Crippen LogP contribution is -1.95. The van der Waals surface area contributed by atoms with Crippen molar-refractivity contribution in [2.45, 2.75) is 13.0 Å². The molecule has 0 radical (unpaired) electrons. The molecule has 0 amide bonds. The number of nitro groups is 1. The minimum absolute atomic E-state index is 0.201. The first-order chi connectivity index (χ1) is 6.00. The van der Waals surface area contributed by atoms with Gasteiger partial charge in [0.05, 0.1) is 17.1 Å². The maximum Gasteiger partial charge on any atom is 0.272 e. The number of benzene rings is 1. The Morgan fingerprint density at radius 2 is 2.15 bits per heavy atom. The lowest BCUT2D eigenvalue weighted by molar-refractivity contribution is -0.385. The third-order valence-electron chi connectivity index (χ3n) is 1.60. The number of rotatable bonds is 2. The van der Waals surface area contributed by atoms with Gasteiger partial charge in [-0.05, 0) is 18.6 Å². The summed E-state index contributed by atoms with van der Waals surface area (Å²) in [5, 5.41) is 19.4.